The summed E-state index contributed by atoms with van der Waals surface area (Å²) in [5, 5.41) is 14.5. The average molecular weight is 325 g/mol. The highest BCUT2D eigenvalue weighted by molar-refractivity contribution is 6.33. The third-order valence-corrected chi connectivity index (χ3v) is 4.03. The first-order chi connectivity index (χ1) is 10.3. The normalized spacial score (nSPS) is 13.7. The lowest BCUT2D eigenvalue weighted by Gasteiger charge is -2.25. The summed E-state index contributed by atoms with van der Waals surface area (Å²) in [7, 11) is 0. The number of carbonyl (C=O) groups excluding carboxylic acids is 2. The van der Waals surface area contributed by atoms with Gasteiger partial charge < -0.3 is 15.2 Å². The molecule has 22 heavy (non-hydrogen) atoms. The van der Waals surface area contributed by atoms with Crippen LogP contribution in [0.2, 0.25) is 5.02 Å². The van der Waals surface area contributed by atoms with Crippen molar-refractivity contribution in [1.29, 1.82) is 0 Å². The summed E-state index contributed by atoms with van der Waals surface area (Å²) in [6.45, 7) is 5.86. The molecule has 5 heteroatoms. The van der Waals surface area contributed by atoms with Gasteiger partial charge in [0.25, 0.3) is 0 Å². The molecular weight excluding hydrogens is 302 g/mol. The minimum absolute atomic E-state index is 0.127. The van der Waals surface area contributed by atoms with Gasteiger partial charge in [0.2, 0.25) is 5.91 Å². The van der Waals surface area contributed by atoms with Gasteiger partial charge in [-0.1, -0.05) is 50.9 Å². The summed E-state index contributed by atoms with van der Waals surface area (Å²) in [4.78, 5) is 23.3. The lowest BCUT2D eigenvalue weighted by Crippen LogP contribution is -2.36. The van der Waals surface area contributed by atoms with Crippen molar-refractivity contribution in [1.82, 2.24) is 0 Å². The zero-order valence-electron chi connectivity index (χ0n) is 13.3. The number of benzene rings is 1. The number of carboxylic acid groups (broad SMARTS) is 1. The molecule has 0 radical (unpaired) electrons. The van der Waals surface area contributed by atoms with Crippen molar-refractivity contribution in [3.05, 3.63) is 29.3 Å². The molecule has 0 unspecified atom stereocenters. The summed E-state index contributed by atoms with van der Waals surface area (Å²) < 4.78 is 0. The second-order valence-electron chi connectivity index (χ2n) is 6.11. The largest absolute Gasteiger partial charge is 0.550 e. The summed E-state index contributed by atoms with van der Waals surface area (Å²) in [6.07, 6.45) is 1.46. The maximum atomic E-state index is 12.1. The topological polar surface area (TPSA) is 69.2 Å². The Bertz CT molecular complexity index is 516. The van der Waals surface area contributed by atoms with Crippen molar-refractivity contribution in [2.75, 3.05) is 5.32 Å². The second-order valence-corrected chi connectivity index (χ2v) is 6.51. The van der Waals surface area contributed by atoms with Crippen LogP contribution in [0.15, 0.2) is 24.3 Å². The lowest BCUT2D eigenvalue weighted by atomic mass is 9.85. The maximum absolute atomic E-state index is 12.1. The Morgan fingerprint density at radius 1 is 1.18 bits per heavy atom. The molecule has 0 fully saturated rings. The number of aliphatic carboxylic acids is 1. The van der Waals surface area contributed by atoms with E-state index in [1.807, 2.05) is 13.8 Å². The van der Waals surface area contributed by atoms with Crippen LogP contribution >= 0.6 is 11.6 Å². The summed E-state index contributed by atoms with van der Waals surface area (Å²) in [5.41, 5.74) is 0.536. The molecule has 1 amide bonds. The van der Waals surface area contributed by atoms with Gasteiger partial charge in [0.05, 0.1) is 10.7 Å². The number of para-hydroxylation sites is 1. The monoisotopic (exact) mass is 324 g/mol. The first kappa shape index (κ1) is 18.5. The number of rotatable bonds is 8. The highest BCUT2D eigenvalue weighted by Crippen LogP contribution is 2.25. The quantitative estimate of drug-likeness (QED) is 0.798. The molecule has 0 heterocycles. The molecule has 4 nitrogen and oxygen atoms in total. The molecule has 0 aromatic heterocycles. The molecule has 1 rings (SSSR count). The minimum atomic E-state index is -1.08. The summed E-state index contributed by atoms with van der Waals surface area (Å²) >= 11 is 5.98. The van der Waals surface area contributed by atoms with Crippen molar-refractivity contribution in [2.24, 2.45) is 17.8 Å². The molecule has 1 N–H and O–H groups in total. The van der Waals surface area contributed by atoms with E-state index in [1.54, 1.807) is 31.2 Å². The van der Waals surface area contributed by atoms with Crippen molar-refractivity contribution < 1.29 is 14.7 Å². The maximum Gasteiger partial charge on any atom is 0.224 e. The average Bonchev–Trinajstić information content (AvgIpc) is 2.40. The molecule has 1 aromatic rings. The van der Waals surface area contributed by atoms with Crippen molar-refractivity contribution in [3.63, 3.8) is 0 Å². The van der Waals surface area contributed by atoms with Crippen LogP contribution in [-0.2, 0) is 9.59 Å². The van der Waals surface area contributed by atoms with Gasteiger partial charge >= 0.3 is 0 Å². The van der Waals surface area contributed by atoms with Crippen molar-refractivity contribution in [3.8, 4) is 0 Å². The van der Waals surface area contributed by atoms with Gasteiger partial charge in [-0.3, -0.25) is 4.79 Å². The van der Waals surface area contributed by atoms with E-state index in [-0.39, 0.29) is 18.2 Å². The van der Waals surface area contributed by atoms with E-state index in [0.717, 1.165) is 6.42 Å². The number of nitrogens with one attached hydrogen (secondary N) is 1. The molecule has 0 aliphatic heterocycles. The third kappa shape index (κ3) is 6.06. The van der Waals surface area contributed by atoms with Crippen LogP contribution in [0, 0.1) is 17.8 Å². The van der Waals surface area contributed by atoms with Gasteiger partial charge in [-0.15, -0.1) is 0 Å². The number of carboxylic acids is 1. The molecular formula is C17H23ClNO3-. The Balaban J connectivity index is 2.61. The minimum Gasteiger partial charge on any atom is -0.550 e. The number of carbonyl (C=O) groups is 2. The Morgan fingerprint density at radius 3 is 2.36 bits per heavy atom. The van der Waals surface area contributed by atoms with E-state index >= 15 is 0 Å². The fourth-order valence-electron chi connectivity index (χ4n) is 2.35. The second kappa shape index (κ2) is 8.79. The van der Waals surface area contributed by atoms with E-state index in [4.69, 9.17) is 11.6 Å². The highest BCUT2D eigenvalue weighted by atomic mass is 35.5. The van der Waals surface area contributed by atoms with Crippen LogP contribution in [0.4, 0.5) is 5.69 Å². The van der Waals surface area contributed by atoms with Crippen molar-refractivity contribution >= 4 is 29.2 Å². The molecule has 122 valence electrons. The zero-order valence-corrected chi connectivity index (χ0v) is 14.0. The smallest absolute Gasteiger partial charge is 0.224 e. The molecule has 0 aliphatic rings. The first-order valence-electron chi connectivity index (χ1n) is 7.56. The molecule has 0 aliphatic carbocycles. The van der Waals surface area contributed by atoms with Gasteiger partial charge in [0.15, 0.2) is 0 Å². The molecule has 0 saturated carbocycles. The van der Waals surface area contributed by atoms with Crippen LogP contribution < -0.4 is 10.4 Å². The van der Waals surface area contributed by atoms with Gasteiger partial charge in [-0.25, -0.2) is 0 Å². The lowest BCUT2D eigenvalue weighted by molar-refractivity contribution is -0.313. The van der Waals surface area contributed by atoms with E-state index in [9.17, 15) is 14.7 Å². The SMILES string of the molecule is CC(C)CC[C@@H](C(=O)[O-])[C@@H](C)CC(=O)Nc1ccccc1Cl. The highest BCUT2D eigenvalue weighted by Gasteiger charge is 2.21. The van der Waals surface area contributed by atoms with Gasteiger partial charge in [-0.2, -0.15) is 0 Å². The van der Waals surface area contributed by atoms with E-state index in [1.165, 1.54) is 0 Å². The van der Waals surface area contributed by atoms with Gasteiger partial charge in [-0.05, 0) is 30.4 Å². The van der Waals surface area contributed by atoms with Crippen LogP contribution in [0.5, 0.6) is 0 Å². The standard InChI is InChI=1S/C17H24ClNO3/c1-11(2)8-9-13(17(21)22)12(3)10-16(20)19-15-7-5-4-6-14(15)18/h4-7,11-13H,8-10H2,1-3H3,(H,19,20)(H,21,22)/p-1/t12-,13+/m0/s1. The van der Waals surface area contributed by atoms with Crippen LogP contribution in [0.25, 0.3) is 0 Å². The van der Waals surface area contributed by atoms with Gasteiger partial charge in [0.1, 0.15) is 0 Å². The predicted molar refractivity (Wildman–Crippen MR) is 86.4 cm³/mol. The zero-order chi connectivity index (χ0) is 16.7. The van der Waals surface area contributed by atoms with Crippen LogP contribution in [0.3, 0.4) is 0 Å². The summed E-state index contributed by atoms with van der Waals surface area (Å²) in [6, 6.07) is 6.95. The Hall–Kier alpha value is -1.55. The number of hydrogen-bond donors (Lipinski definition) is 1. The summed E-state index contributed by atoms with van der Waals surface area (Å²) in [5.74, 6) is -1.80. The number of amides is 1. The first-order valence-corrected chi connectivity index (χ1v) is 7.94. The van der Waals surface area contributed by atoms with Crippen molar-refractivity contribution in [2.45, 2.75) is 40.0 Å². The Kier molecular flexibility index (Phi) is 7.39. The fourth-order valence-corrected chi connectivity index (χ4v) is 2.53. The third-order valence-electron chi connectivity index (χ3n) is 3.70. The number of hydrogen-bond acceptors (Lipinski definition) is 3. The predicted octanol–water partition coefficient (Wildman–Crippen LogP) is 3.11. The van der Waals surface area contributed by atoms with E-state index in [2.05, 4.69) is 5.32 Å². The number of anilines is 1. The Morgan fingerprint density at radius 2 is 1.82 bits per heavy atom. The number of halogens is 1. The molecule has 1 aromatic carbocycles. The molecule has 2 atom stereocenters. The van der Waals surface area contributed by atoms with E-state index < -0.39 is 11.9 Å². The van der Waals surface area contributed by atoms with E-state index in [0.29, 0.717) is 23.0 Å². The fraction of sp³-hybridized carbons (Fsp3) is 0.529. The Labute approximate surface area is 136 Å². The van der Waals surface area contributed by atoms with Crippen LogP contribution in [0.1, 0.15) is 40.0 Å². The molecule has 0 saturated heterocycles. The van der Waals surface area contributed by atoms with Gasteiger partial charge in [0, 0.05) is 18.3 Å². The molecule has 0 spiro atoms. The molecule has 0 bridgehead atoms. The van der Waals surface area contributed by atoms with Crippen LogP contribution in [-0.4, -0.2) is 11.9 Å².